The summed E-state index contributed by atoms with van der Waals surface area (Å²) in [7, 11) is 1.62. The van der Waals surface area contributed by atoms with Crippen LogP contribution in [0, 0.1) is 5.82 Å². The SMILES string of the molecule is COc1ccc(Br)cc1CC(N)c1ccc(F)cn1. The van der Waals surface area contributed by atoms with E-state index in [9.17, 15) is 4.39 Å². The third kappa shape index (κ3) is 3.52. The molecule has 2 rings (SSSR count). The van der Waals surface area contributed by atoms with Crippen LogP contribution in [0.4, 0.5) is 4.39 Å². The second-order valence-corrected chi connectivity index (χ2v) is 5.08. The number of nitrogens with two attached hydrogens (primary N) is 1. The zero-order valence-electron chi connectivity index (χ0n) is 10.4. The van der Waals surface area contributed by atoms with Gasteiger partial charge >= 0.3 is 0 Å². The summed E-state index contributed by atoms with van der Waals surface area (Å²) >= 11 is 3.42. The average molecular weight is 325 g/mol. The van der Waals surface area contributed by atoms with E-state index in [1.807, 2.05) is 18.2 Å². The van der Waals surface area contributed by atoms with Crippen molar-refractivity contribution in [1.82, 2.24) is 4.98 Å². The van der Waals surface area contributed by atoms with Gasteiger partial charge in [-0.25, -0.2) is 4.39 Å². The lowest BCUT2D eigenvalue weighted by Gasteiger charge is -2.14. The maximum atomic E-state index is 12.8. The Kier molecular flexibility index (Phi) is 4.50. The predicted octanol–water partition coefficient (Wildman–Crippen LogP) is 3.23. The van der Waals surface area contributed by atoms with E-state index >= 15 is 0 Å². The summed E-state index contributed by atoms with van der Waals surface area (Å²) in [5.74, 6) is 0.414. The molecule has 2 aromatic rings. The van der Waals surface area contributed by atoms with Crippen molar-refractivity contribution in [2.45, 2.75) is 12.5 Å². The molecule has 0 aliphatic carbocycles. The highest BCUT2D eigenvalue weighted by Crippen LogP contribution is 2.26. The molecule has 1 heterocycles. The van der Waals surface area contributed by atoms with Crippen molar-refractivity contribution in [2.24, 2.45) is 5.73 Å². The van der Waals surface area contributed by atoms with Crippen molar-refractivity contribution in [3.63, 3.8) is 0 Å². The lowest BCUT2D eigenvalue weighted by atomic mass is 10.0. The lowest BCUT2D eigenvalue weighted by molar-refractivity contribution is 0.408. The van der Waals surface area contributed by atoms with Crippen LogP contribution < -0.4 is 10.5 Å². The zero-order valence-corrected chi connectivity index (χ0v) is 12.0. The van der Waals surface area contributed by atoms with Crippen molar-refractivity contribution in [3.8, 4) is 5.75 Å². The van der Waals surface area contributed by atoms with Gasteiger partial charge in [0.2, 0.25) is 0 Å². The van der Waals surface area contributed by atoms with Crippen LogP contribution in [-0.2, 0) is 6.42 Å². The molecule has 1 aromatic heterocycles. The van der Waals surface area contributed by atoms with Crippen molar-refractivity contribution < 1.29 is 9.13 Å². The highest BCUT2D eigenvalue weighted by atomic mass is 79.9. The molecule has 19 heavy (non-hydrogen) atoms. The van der Waals surface area contributed by atoms with Gasteiger partial charge in [0.05, 0.1) is 25.0 Å². The van der Waals surface area contributed by atoms with Gasteiger partial charge in [0.1, 0.15) is 11.6 Å². The third-order valence-corrected chi connectivity index (χ3v) is 3.31. The third-order valence-electron chi connectivity index (χ3n) is 2.81. The predicted molar refractivity (Wildman–Crippen MR) is 75.5 cm³/mol. The number of hydrogen-bond acceptors (Lipinski definition) is 3. The van der Waals surface area contributed by atoms with Crippen LogP contribution in [-0.4, -0.2) is 12.1 Å². The number of methoxy groups -OCH3 is 1. The summed E-state index contributed by atoms with van der Waals surface area (Å²) in [5.41, 5.74) is 7.73. The van der Waals surface area contributed by atoms with Crippen LogP contribution in [0.3, 0.4) is 0 Å². The minimum atomic E-state index is -0.365. The van der Waals surface area contributed by atoms with Crippen LogP contribution in [0.25, 0.3) is 0 Å². The van der Waals surface area contributed by atoms with E-state index in [2.05, 4.69) is 20.9 Å². The van der Waals surface area contributed by atoms with Gasteiger partial charge in [-0.05, 0) is 42.3 Å². The summed E-state index contributed by atoms with van der Waals surface area (Å²) in [6, 6.07) is 8.41. The Hall–Kier alpha value is -1.46. The van der Waals surface area contributed by atoms with Gasteiger partial charge in [-0.1, -0.05) is 15.9 Å². The zero-order chi connectivity index (χ0) is 13.8. The molecule has 0 amide bonds. The fourth-order valence-corrected chi connectivity index (χ4v) is 2.26. The van der Waals surface area contributed by atoms with Gasteiger partial charge in [-0.3, -0.25) is 4.98 Å². The highest BCUT2D eigenvalue weighted by molar-refractivity contribution is 9.10. The first-order valence-electron chi connectivity index (χ1n) is 5.79. The first-order chi connectivity index (χ1) is 9.10. The van der Waals surface area contributed by atoms with E-state index in [0.29, 0.717) is 12.1 Å². The molecule has 1 unspecified atom stereocenters. The Balaban J connectivity index is 2.20. The van der Waals surface area contributed by atoms with Crippen molar-refractivity contribution in [1.29, 1.82) is 0 Å². The molecular weight excluding hydrogens is 311 g/mol. The summed E-state index contributed by atoms with van der Waals surface area (Å²) in [5, 5.41) is 0. The molecule has 0 spiro atoms. The number of ether oxygens (including phenoxy) is 1. The molecule has 0 aliphatic heterocycles. The summed E-state index contributed by atoms with van der Waals surface area (Å²) in [4.78, 5) is 4.00. The summed E-state index contributed by atoms with van der Waals surface area (Å²) in [6.07, 6.45) is 1.74. The number of rotatable bonds is 4. The van der Waals surface area contributed by atoms with Gasteiger partial charge in [0.15, 0.2) is 0 Å². The standard InChI is InChI=1S/C14H14BrFN2O/c1-19-14-5-2-10(15)6-9(14)7-12(17)13-4-3-11(16)8-18-13/h2-6,8,12H,7,17H2,1H3. The Labute approximate surface area is 119 Å². The average Bonchev–Trinajstić information content (AvgIpc) is 2.39. The van der Waals surface area contributed by atoms with Crippen LogP contribution in [0.5, 0.6) is 5.75 Å². The van der Waals surface area contributed by atoms with Gasteiger partial charge < -0.3 is 10.5 Å². The van der Waals surface area contributed by atoms with Crippen molar-refractivity contribution in [2.75, 3.05) is 7.11 Å². The molecule has 0 saturated heterocycles. The topological polar surface area (TPSA) is 48.1 Å². The molecular formula is C14H14BrFN2O. The first kappa shape index (κ1) is 14.0. The molecule has 2 N–H and O–H groups in total. The normalized spacial score (nSPS) is 12.2. The minimum Gasteiger partial charge on any atom is -0.496 e. The van der Waals surface area contributed by atoms with Crippen LogP contribution in [0.2, 0.25) is 0 Å². The van der Waals surface area contributed by atoms with E-state index in [1.165, 1.54) is 12.3 Å². The van der Waals surface area contributed by atoms with E-state index in [1.54, 1.807) is 13.2 Å². The number of benzene rings is 1. The molecule has 1 atom stereocenters. The quantitative estimate of drug-likeness (QED) is 0.939. The van der Waals surface area contributed by atoms with E-state index in [0.717, 1.165) is 15.8 Å². The fourth-order valence-electron chi connectivity index (χ4n) is 1.85. The van der Waals surface area contributed by atoms with Gasteiger partial charge in [0, 0.05) is 4.47 Å². The maximum Gasteiger partial charge on any atom is 0.141 e. The molecule has 0 fully saturated rings. The number of aromatic nitrogens is 1. The Morgan fingerprint density at radius 1 is 1.37 bits per heavy atom. The number of pyridine rings is 1. The van der Waals surface area contributed by atoms with E-state index in [-0.39, 0.29) is 11.9 Å². The Bertz CT molecular complexity index is 560. The van der Waals surface area contributed by atoms with Crippen LogP contribution >= 0.6 is 15.9 Å². The molecule has 3 nitrogen and oxygen atoms in total. The fraction of sp³-hybridized carbons (Fsp3) is 0.214. The summed E-state index contributed by atoms with van der Waals surface area (Å²) < 4.78 is 19.1. The molecule has 1 aromatic carbocycles. The smallest absolute Gasteiger partial charge is 0.141 e. The maximum absolute atomic E-state index is 12.8. The summed E-state index contributed by atoms with van der Waals surface area (Å²) in [6.45, 7) is 0. The molecule has 0 aliphatic rings. The second kappa shape index (κ2) is 6.12. The van der Waals surface area contributed by atoms with Crippen molar-refractivity contribution >= 4 is 15.9 Å². The number of halogens is 2. The van der Waals surface area contributed by atoms with Crippen LogP contribution in [0.1, 0.15) is 17.3 Å². The Morgan fingerprint density at radius 2 is 2.16 bits per heavy atom. The number of nitrogens with zero attached hydrogens (tertiary/aromatic N) is 1. The Morgan fingerprint density at radius 3 is 2.79 bits per heavy atom. The molecule has 0 radical (unpaired) electrons. The van der Waals surface area contributed by atoms with E-state index in [4.69, 9.17) is 10.5 Å². The molecule has 0 bridgehead atoms. The highest BCUT2D eigenvalue weighted by Gasteiger charge is 2.12. The largest absolute Gasteiger partial charge is 0.496 e. The molecule has 100 valence electrons. The number of hydrogen-bond donors (Lipinski definition) is 1. The first-order valence-corrected chi connectivity index (χ1v) is 6.59. The molecule has 5 heteroatoms. The lowest BCUT2D eigenvalue weighted by Crippen LogP contribution is -2.15. The van der Waals surface area contributed by atoms with Crippen molar-refractivity contribution in [3.05, 3.63) is 58.1 Å². The van der Waals surface area contributed by atoms with E-state index < -0.39 is 0 Å². The van der Waals surface area contributed by atoms with Gasteiger partial charge in [0.25, 0.3) is 0 Å². The minimum absolute atomic E-state index is 0.302. The van der Waals surface area contributed by atoms with Gasteiger partial charge in [-0.2, -0.15) is 0 Å². The molecule has 0 saturated carbocycles. The van der Waals surface area contributed by atoms with Gasteiger partial charge in [-0.15, -0.1) is 0 Å². The van der Waals surface area contributed by atoms with Crippen LogP contribution in [0.15, 0.2) is 41.0 Å². The second-order valence-electron chi connectivity index (χ2n) is 4.17. The monoisotopic (exact) mass is 324 g/mol.